The molecule has 144 valence electrons. The van der Waals surface area contributed by atoms with Gasteiger partial charge in [0, 0.05) is 35.8 Å². The van der Waals surface area contributed by atoms with Crippen molar-refractivity contribution in [3.05, 3.63) is 29.8 Å². The summed E-state index contributed by atoms with van der Waals surface area (Å²) in [6.07, 6.45) is 0. The van der Waals surface area contributed by atoms with E-state index in [1.807, 2.05) is 16.7 Å². The van der Waals surface area contributed by atoms with Gasteiger partial charge in [0.15, 0.2) is 0 Å². The van der Waals surface area contributed by atoms with E-state index in [2.05, 4.69) is 5.32 Å². The first-order chi connectivity index (χ1) is 11.9. The molecule has 2 amide bonds. The Kier molecular flexibility index (Phi) is 8.91. The number of carboxylic acid groups (broad SMARTS) is 1. The molecule has 0 spiro atoms. The standard InChI is InChI=1S/C17H23N3O4S.ClH/c1-12(17(23)24)19(2)11-15(21)18-14-5-3-4-13(10-14)16(22)20-6-8-25-9-7-20;/h3-5,10,12H,6-9,11H2,1-2H3,(H,18,21)(H,23,24);1H. The molecule has 2 rings (SSSR count). The van der Waals surface area contributed by atoms with Gasteiger partial charge in [-0.1, -0.05) is 6.07 Å². The van der Waals surface area contributed by atoms with Gasteiger partial charge in [-0.3, -0.25) is 19.3 Å². The minimum Gasteiger partial charge on any atom is -0.480 e. The van der Waals surface area contributed by atoms with Crippen molar-refractivity contribution in [2.24, 2.45) is 0 Å². The molecule has 1 unspecified atom stereocenters. The topological polar surface area (TPSA) is 90.0 Å². The van der Waals surface area contributed by atoms with Crippen LogP contribution in [0.15, 0.2) is 24.3 Å². The van der Waals surface area contributed by atoms with Crippen molar-refractivity contribution in [1.82, 2.24) is 9.80 Å². The molecular weight excluding hydrogens is 378 g/mol. The van der Waals surface area contributed by atoms with Crippen LogP contribution in [0.5, 0.6) is 0 Å². The Bertz CT molecular complexity index is 653. The number of thioether (sulfide) groups is 1. The molecular formula is C17H24ClN3O4S. The van der Waals surface area contributed by atoms with Crippen LogP contribution in [0, 0.1) is 0 Å². The Hall–Kier alpha value is -1.77. The molecule has 26 heavy (non-hydrogen) atoms. The number of nitrogens with zero attached hydrogens (tertiary/aromatic N) is 2. The van der Waals surface area contributed by atoms with Gasteiger partial charge in [0.1, 0.15) is 6.04 Å². The Balaban J connectivity index is 0.00000338. The van der Waals surface area contributed by atoms with E-state index in [4.69, 9.17) is 5.11 Å². The summed E-state index contributed by atoms with van der Waals surface area (Å²) in [5.74, 6) is 0.539. The number of likely N-dealkylation sites (N-methyl/N-ethyl adjacent to an activating group) is 1. The predicted octanol–water partition coefficient (Wildman–Crippen LogP) is 1.64. The third-order valence-corrected chi connectivity index (χ3v) is 5.05. The van der Waals surface area contributed by atoms with Crippen molar-refractivity contribution in [3.8, 4) is 0 Å². The first kappa shape index (κ1) is 22.3. The van der Waals surface area contributed by atoms with Crippen LogP contribution < -0.4 is 5.32 Å². The number of nitrogens with one attached hydrogen (secondary N) is 1. The van der Waals surface area contributed by atoms with E-state index < -0.39 is 12.0 Å². The molecule has 0 radical (unpaired) electrons. The van der Waals surface area contributed by atoms with Crippen molar-refractivity contribution < 1.29 is 19.5 Å². The second-order valence-electron chi connectivity index (χ2n) is 5.96. The lowest BCUT2D eigenvalue weighted by atomic mass is 10.1. The summed E-state index contributed by atoms with van der Waals surface area (Å²) in [7, 11) is 1.58. The zero-order valence-electron chi connectivity index (χ0n) is 14.8. The fourth-order valence-corrected chi connectivity index (χ4v) is 3.33. The Morgan fingerprint density at radius 2 is 1.96 bits per heavy atom. The first-order valence-corrected chi connectivity index (χ1v) is 9.24. The molecule has 1 aliphatic heterocycles. The molecule has 0 bridgehead atoms. The van der Waals surface area contributed by atoms with Crippen LogP contribution in [-0.2, 0) is 9.59 Å². The van der Waals surface area contributed by atoms with Crippen LogP contribution in [0.25, 0.3) is 0 Å². The van der Waals surface area contributed by atoms with Crippen molar-refractivity contribution in [1.29, 1.82) is 0 Å². The van der Waals surface area contributed by atoms with E-state index in [0.717, 1.165) is 24.6 Å². The van der Waals surface area contributed by atoms with Gasteiger partial charge in [0.25, 0.3) is 5.91 Å². The van der Waals surface area contributed by atoms with Gasteiger partial charge in [-0.15, -0.1) is 12.4 Å². The Labute approximate surface area is 163 Å². The number of carbonyl (C=O) groups excluding carboxylic acids is 2. The third kappa shape index (κ3) is 6.19. The number of halogens is 1. The van der Waals surface area contributed by atoms with Gasteiger partial charge in [-0.2, -0.15) is 11.8 Å². The van der Waals surface area contributed by atoms with Crippen molar-refractivity contribution in [3.63, 3.8) is 0 Å². The van der Waals surface area contributed by atoms with Gasteiger partial charge in [-0.05, 0) is 32.2 Å². The summed E-state index contributed by atoms with van der Waals surface area (Å²) >= 11 is 1.84. The summed E-state index contributed by atoms with van der Waals surface area (Å²) in [4.78, 5) is 38.8. The van der Waals surface area contributed by atoms with Crippen LogP contribution >= 0.6 is 24.2 Å². The summed E-state index contributed by atoms with van der Waals surface area (Å²) in [6.45, 7) is 2.94. The van der Waals surface area contributed by atoms with Gasteiger partial charge in [-0.25, -0.2) is 0 Å². The normalized spacial score (nSPS) is 15.1. The van der Waals surface area contributed by atoms with E-state index in [-0.39, 0.29) is 30.8 Å². The maximum Gasteiger partial charge on any atom is 0.320 e. The number of rotatable bonds is 6. The number of hydrogen-bond donors (Lipinski definition) is 2. The molecule has 1 aliphatic rings. The lowest BCUT2D eigenvalue weighted by Gasteiger charge is -2.26. The van der Waals surface area contributed by atoms with E-state index in [1.165, 1.54) is 11.8 Å². The third-order valence-electron chi connectivity index (χ3n) is 4.10. The average molecular weight is 402 g/mol. The highest BCUT2D eigenvalue weighted by Crippen LogP contribution is 2.16. The summed E-state index contributed by atoms with van der Waals surface area (Å²) < 4.78 is 0. The molecule has 1 atom stereocenters. The van der Waals surface area contributed by atoms with E-state index in [9.17, 15) is 14.4 Å². The number of amides is 2. The molecule has 1 saturated heterocycles. The van der Waals surface area contributed by atoms with Crippen LogP contribution in [0.3, 0.4) is 0 Å². The summed E-state index contributed by atoms with van der Waals surface area (Å²) in [6, 6.07) is 6.07. The zero-order valence-corrected chi connectivity index (χ0v) is 16.4. The number of carbonyl (C=O) groups is 3. The number of benzene rings is 1. The molecule has 1 fully saturated rings. The molecule has 0 aromatic heterocycles. The maximum absolute atomic E-state index is 12.5. The molecule has 7 nitrogen and oxygen atoms in total. The number of anilines is 1. The number of aliphatic carboxylic acids is 1. The van der Waals surface area contributed by atoms with Gasteiger partial charge in [0.2, 0.25) is 5.91 Å². The van der Waals surface area contributed by atoms with Gasteiger partial charge < -0.3 is 15.3 Å². The second kappa shape index (κ2) is 10.4. The van der Waals surface area contributed by atoms with Crippen molar-refractivity contribution >= 4 is 47.6 Å². The monoisotopic (exact) mass is 401 g/mol. The van der Waals surface area contributed by atoms with Crippen LogP contribution in [-0.4, -0.2) is 76.9 Å². The van der Waals surface area contributed by atoms with E-state index in [0.29, 0.717) is 11.3 Å². The van der Waals surface area contributed by atoms with Crippen LogP contribution in [0.2, 0.25) is 0 Å². The minimum atomic E-state index is -0.984. The highest BCUT2D eigenvalue weighted by molar-refractivity contribution is 7.99. The highest BCUT2D eigenvalue weighted by atomic mass is 35.5. The zero-order chi connectivity index (χ0) is 18.4. The predicted molar refractivity (Wildman–Crippen MR) is 105 cm³/mol. The summed E-state index contributed by atoms with van der Waals surface area (Å²) in [5, 5.41) is 11.7. The van der Waals surface area contributed by atoms with Crippen molar-refractivity contribution in [2.75, 3.05) is 43.5 Å². The molecule has 1 heterocycles. The lowest BCUT2D eigenvalue weighted by molar-refractivity contribution is -0.142. The first-order valence-electron chi connectivity index (χ1n) is 8.08. The fraction of sp³-hybridized carbons (Fsp3) is 0.471. The SMILES string of the molecule is CC(C(=O)O)N(C)CC(=O)Nc1cccc(C(=O)N2CCSCC2)c1.Cl. The van der Waals surface area contributed by atoms with E-state index in [1.54, 1.807) is 31.3 Å². The second-order valence-corrected chi connectivity index (χ2v) is 7.19. The highest BCUT2D eigenvalue weighted by Gasteiger charge is 2.20. The fourth-order valence-electron chi connectivity index (χ4n) is 2.43. The summed E-state index contributed by atoms with van der Waals surface area (Å²) in [5.41, 5.74) is 1.07. The largest absolute Gasteiger partial charge is 0.480 e. The van der Waals surface area contributed by atoms with Crippen LogP contribution in [0.4, 0.5) is 5.69 Å². The van der Waals surface area contributed by atoms with Gasteiger partial charge in [0.05, 0.1) is 6.54 Å². The molecule has 1 aromatic carbocycles. The van der Waals surface area contributed by atoms with Crippen LogP contribution in [0.1, 0.15) is 17.3 Å². The lowest BCUT2D eigenvalue weighted by Crippen LogP contribution is -2.40. The van der Waals surface area contributed by atoms with Crippen molar-refractivity contribution in [2.45, 2.75) is 13.0 Å². The van der Waals surface area contributed by atoms with E-state index >= 15 is 0 Å². The Morgan fingerprint density at radius 1 is 1.31 bits per heavy atom. The molecule has 0 aliphatic carbocycles. The maximum atomic E-state index is 12.5. The minimum absolute atomic E-state index is 0. The quantitative estimate of drug-likeness (QED) is 0.753. The number of carboxylic acids is 1. The molecule has 0 saturated carbocycles. The molecule has 2 N–H and O–H groups in total. The number of hydrogen-bond acceptors (Lipinski definition) is 5. The smallest absolute Gasteiger partial charge is 0.320 e. The Morgan fingerprint density at radius 3 is 2.58 bits per heavy atom. The molecule has 9 heteroatoms. The average Bonchev–Trinajstić information content (AvgIpc) is 2.61. The van der Waals surface area contributed by atoms with Gasteiger partial charge >= 0.3 is 5.97 Å². The molecule has 1 aromatic rings.